The average Bonchev–Trinajstić information content (AvgIpc) is 2.68. The number of benzene rings is 1. The fraction of sp³-hybridized carbons (Fsp3) is 0.182. The zero-order valence-electron chi connectivity index (χ0n) is 9.23. The van der Waals surface area contributed by atoms with E-state index in [0.717, 1.165) is 0 Å². The van der Waals surface area contributed by atoms with Crippen molar-refractivity contribution in [2.45, 2.75) is 11.8 Å². The van der Waals surface area contributed by atoms with Gasteiger partial charge in [0.1, 0.15) is 16.7 Å². The molecule has 0 aliphatic rings. The van der Waals surface area contributed by atoms with Crippen molar-refractivity contribution in [3.63, 3.8) is 0 Å². The number of H-pyrrole nitrogens is 1. The maximum absolute atomic E-state index is 11.7. The third kappa shape index (κ3) is 2.09. The molecular formula is C11H12N2O3S. The molecule has 17 heavy (non-hydrogen) atoms. The van der Waals surface area contributed by atoms with Crippen LogP contribution in [0, 0.1) is 0 Å². The van der Waals surface area contributed by atoms with Crippen LogP contribution in [-0.4, -0.2) is 21.8 Å². The van der Waals surface area contributed by atoms with Gasteiger partial charge in [0.05, 0.1) is 11.5 Å². The Bertz CT molecular complexity index is 591. The van der Waals surface area contributed by atoms with Gasteiger partial charge in [-0.2, -0.15) is 0 Å². The number of hydrogen-bond acceptors (Lipinski definition) is 3. The van der Waals surface area contributed by atoms with Gasteiger partial charge in [-0.3, -0.25) is 0 Å². The summed E-state index contributed by atoms with van der Waals surface area (Å²) in [5.74, 6) is -0.544. The SMILES string of the molecule is CCOC(=O)c1[nH]c2ccccc2c1S(N)=O. The van der Waals surface area contributed by atoms with Crippen LogP contribution in [0.15, 0.2) is 29.2 Å². The molecule has 1 atom stereocenters. The van der Waals surface area contributed by atoms with Crippen molar-refractivity contribution >= 4 is 27.9 Å². The molecule has 0 fully saturated rings. The summed E-state index contributed by atoms with van der Waals surface area (Å²) in [6.07, 6.45) is 0. The van der Waals surface area contributed by atoms with Crippen LogP contribution in [0.3, 0.4) is 0 Å². The van der Waals surface area contributed by atoms with E-state index in [9.17, 15) is 9.00 Å². The fourth-order valence-electron chi connectivity index (χ4n) is 1.67. The molecule has 1 aromatic carbocycles. The Morgan fingerprint density at radius 3 is 2.82 bits per heavy atom. The van der Waals surface area contributed by atoms with Crippen LogP contribution in [0.1, 0.15) is 17.4 Å². The molecule has 0 amide bonds. The van der Waals surface area contributed by atoms with E-state index in [1.807, 2.05) is 6.07 Å². The summed E-state index contributed by atoms with van der Waals surface area (Å²) in [4.78, 5) is 14.9. The van der Waals surface area contributed by atoms with Gasteiger partial charge < -0.3 is 9.72 Å². The second-order valence-electron chi connectivity index (χ2n) is 3.39. The fourth-order valence-corrected chi connectivity index (χ4v) is 2.40. The van der Waals surface area contributed by atoms with Gasteiger partial charge >= 0.3 is 5.97 Å². The third-order valence-corrected chi connectivity index (χ3v) is 3.17. The zero-order valence-corrected chi connectivity index (χ0v) is 10.0. The number of para-hydroxylation sites is 1. The van der Waals surface area contributed by atoms with Crippen LogP contribution in [0.4, 0.5) is 0 Å². The van der Waals surface area contributed by atoms with Gasteiger partial charge in [-0.05, 0) is 13.0 Å². The number of aromatic amines is 1. The van der Waals surface area contributed by atoms with Gasteiger partial charge in [0.25, 0.3) is 0 Å². The highest BCUT2D eigenvalue weighted by Crippen LogP contribution is 2.24. The van der Waals surface area contributed by atoms with Gasteiger partial charge in [0, 0.05) is 10.9 Å². The number of esters is 1. The topological polar surface area (TPSA) is 85.2 Å². The minimum atomic E-state index is -1.74. The Morgan fingerprint density at radius 1 is 1.47 bits per heavy atom. The zero-order chi connectivity index (χ0) is 12.4. The number of fused-ring (bicyclic) bond motifs is 1. The number of aromatic nitrogens is 1. The minimum Gasteiger partial charge on any atom is -0.461 e. The molecule has 6 heteroatoms. The highest BCUT2D eigenvalue weighted by atomic mass is 32.2. The molecule has 0 bridgehead atoms. The van der Waals surface area contributed by atoms with Crippen LogP contribution < -0.4 is 5.14 Å². The Balaban J connectivity index is 2.66. The summed E-state index contributed by atoms with van der Waals surface area (Å²) >= 11 is 0. The summed E-state index contributed by atoms with van der Waals surface area (Å²) in [5, 5.41) is 6.08. The standard InChI is InChI=1S/C11H12N2O3S/c1-2-16-11(14)9-10(17(12)15)7-5-3-4-6-8(7)13-9/h3-6,13H,2,12H2,1H3. The molecule has 0 aliphatic carbocycles. The Morgan fingerprint density at radius 2 is 2.18 bits per heavy atom. The molecule has 1 unspecified atom stereocenters. The van der Waals surface area contributed by atoms with Crippen molar-refractivity contribution < 1.29 is 13.7 Å². The van der Waals surface area contributed by atoms with E-state index < -0.39 is 17.0 Å². The first-order chi connectivity index (χ1) is 8.15. The lowest BCUT2D eigenvalue weighted by molar-refractivity contribution is 0.0516. The molecule has 1 aromatic heterocycles. The molecule has 0 aliphatic heterocycles. The monoisotopic (exact) mass is 252 g/mol. The first-order valence-electron chi connectivity index (χ1n) is 5.09. The smallest absolute Gasteiger partial charge is 0.356 e. The molecule has 0 radical (unpaired) electrons. The highest BCUT2D eigenvalue weighted by molar-refractivity contribution is 7.83. The number of rotatable bonds is 3. The van der Waals surface area contributed by atoms with Crippen LogP contribution in [-0.2, 0) is 15.7 Å². The molecule has 2 aromatic rings. The van der Waals surface area contributed by atoms with Crippen molar-refractivity contribution in [3.05, 3.63) is 30.0 Å². The summed E-state index contributed by atoms with van der Waals surface area (Å²) in [6, 6.07) is 7.15. The molecule has 0 saturated carbocycles. The van der Waals surface area contributed by atoms with E-state index in [2.05, 4.69) is 4.98 Å². The predicted molar refractivity (Wildman–Crippen MR) is 64.9 cm³/mol. The van der Waals surface area contributed by atoms with Crippen molar-refractivity contribution in [3.8, 4) is 0 Å². The average molecular weight is 252 g/mol. The number of nitrogens with one attached hydrogen (secondary N) is 1. The molecule has 2 rings (SSSR count). The lowest BCUT2D eigenvalue weighted by Crippen LogP contribution is -2.11. The molecule has 0 spiro atoms. The van der Waals surface area contributed by atoms with Gasteiger partial charge in [0.15, 0.2) is 0 Å². The maximum atomic E-state index is 11.7. The van der Waals surface area contributed by atoms with E-state index in [1.165, 1.54) is 0 Å². The summed E-state index contributed by atoms with van der Waals surface area (Å²) in [6.45, 7) is 1.96. The first kappa shape index (κ1) is 11.8. The molecule has 3 N–H and O–H groups in total. The van der Waals surface area contributed by atoms with Gasteiger partial charge in [-0.1, -0.05) is 18.2 Å². The Hall–Kier alpha value is -1.66. The molecule has 1 heterocycles. The largest absolute Gasteiger partial charge is 0.461 e. The quantitative estimate of drug-likeness (QED) is 0.808. The summed E-state index contributed by atoms with van der Waals surface area (Å²) in [7, 11) is -1.74. The Labute approximate surface area is 101 Å². The van der Waals surface area contributed by atoms with E-state index in [0.29, 0.717) is 15.8 Å². The molecule has 90 valence electrons. The molecule has 0 saturated heterocycles. The van der Waals surface area contributed by atoms with E-state index in [1.54, 1.807) is 25.1 Å². The molecule has 5 nitrogen and oxygen atoms in total. The number of carbonyl (C=O) groups excluding carboxylic acids is 1. The van der Waals surface area contributed by atoms with E-state index in [-0.39, 0.29) is 12.3 Å². The number of ether oxygens (including phenoxy) is 1. The molecular weight excluding hydrogens is 240 g/mol. The second kappa shape index (κ2) is 4.68. The number of hydrogen-bond donors (Lipinski definition) is 2. The van der Waals surface area contributed by atoms with Crippen LogP contribution in [0.2, 0.25) is 0 Å². The van der Waals surface area contributed by atoms with Gasteiger partial charge in [0.2, 0.25) is 0 Å². The summed E-state index contributed by atoms with van der Waals surface area (Å²) < 4.78 is 16.4. The predicted octanol–water partition coefficient (Wildman–Crippen LogP) is 1.33. The van der Waals surface area contributed by atoms with E-state index >= 15 is 0 Å². The summed E-state index contributed by atoms with van der Waals surface area (Å²) in [5.41, 5.74) is 0.873. The van der Waals surface area contributed by atoms with Gasteiger partial charge in [-0.25, -0.2) is 14.1 Å². The lowest BCUT2D eigenvalue weighted by Gasteiger charge is -2.01. The lowest BCUT2D eigenvalue weighted by atomic mass is 10.2. The number of carbonyl (C=O) groups is 1. The van der Waals surface area contributed by atoms with Crippen LogP contribution in [0.5, 0.6) is 0 Å². The van der Waals surface area contributed by atoms with Gasteiger partial charge in [-0.15, -0.1) is 0 Å². The Kier molecular flexibility index (Phi) is 3.26. The van der Waals surface area contributed by atoms with Crippen LogP contribution in [0.25, 0.3) is 10.9 Å². The first-order valence-corrected chi connectivity index (χ1v) is 6.30. The number of nitrogens with two attached hydrogens (primary N) is 1. The van der Waals surface area contributed by atoms with Crippen molar-refractivity contribution in [2.75, 3.05) is 6.61 Å². The third-order valence-electron chi connectivity index (χ3n) is 2.34. The van der Waals surface area contributed by atoms with Crippen LogP contribution >= 0.6 is 0 Å². The minimum absolute atomic E-state index is 0.161. The maximum Gasteiger partial charge on any atom is 0.356 e. The van der Waals surface area contributed by atoms with Crippen molar-refractivity contribution in [1.82, 2.24) is 4.98 Å². The second-order valence-corrected chi connectivity index (χ2v) is 4.40. The normalized spacial score (nSPS) is 12.6. The van der Waals surface area contributed by atoms with E-state index in [4.69, 9.17) is 9.88 Å². The van der Waals surface area contributed by atoms with Crippen molar-refractivity contribution in [1.29, 1.82) is 0 Å². The highest BCUT2D eigenvalue weighted by Gasteiger charge is 2.21. The van der Waals surface area contributed by atoms with Crippen molar-refractivity contribution in [2.24, 2.45) is 5.14 Å².